The summed E-state index contributed by atoms with van der Waals surface area (Å²) in [4.78, 5) is 15.3. The van der Waals surface area contributed by atoms with Gasteiger partial charge in [-0.3, -0.25) is 4.98 Å². The Balaban J connectivity index is 2.21. The van der Waals surface area contributed by atoms with Crippen molar-refractivity contribution in [2.45, 2.75) is 11.4 Å². The van der Waals surface area contributed by atoms with Gasteiger partial charge in [-0.25, -0.2) is 17.9 Å². The summed E-state index contributed by atoms with van der Waals surface area (Å²) in [6.07, 6.45) is 1.56. The number of nitrogens with zero attached hydrogens (tertiary/aromatic N) is 1. The summed E-state index contributed by atoms with van der Waals surface area (Å²) in [6, 6.07) is 3.47. The number of hydrogen-bond donors (Lipinski definition) is 2. The zero-order valence-electron chi connectivity index (χ0n) is 9.91. The summed E-state index contributed by atoms with van der Waals surface area (Å²) in [5.41, 5.74) is 1.45. The first kappa shape index (κ1) is 14.9. The molecule has 6 nitrogen and oxygen atoms in total. The fourth-order valence-electron chi connectivity index (χ4n) is 1.42. The van der Waals surface area contributed by atoms with Crippen molar-refractivity contribution < 1.29 is 18.3 Å². The molecule has 1 aromatic heterocycles. The second-order valence-corrected chi connectivity index (χ2v) is 6.88. The van der Waals surface area contributed by atoms with Gasteiger partial charge in [-0.05, 0) is 18.2 Å². The molecule has 0 saturated heterocycles. The van der Waals surface area contributed by atoms with Gasteiger partial charge in [-0.2, -0.15) is 0 Å². The zero-order chi connectivity index (χ0) is 14.8. The van der Waals surface area contributed by atoms with E-state index in [-0.39, 0.29) is 22.0 Å². The molecule has 0 saturated carbocycles. The smallest absolute Gasteiger partial charge is 0.337 e. The van der Waals surface area contributed by atoms with Crippen LogP contribution >= 0.6 is 22.9 Å². The number of aromatic carboxylic acids is 1. The Morgan fingerprint density at radius 2 is 2.20 bits per heavy atom. The molecule has 0 unspecified atom stereocenters. The first-order valence-corrected chi connectivity index (χ1v) is 8.04. The fraction of sp³-hybridized carbons (Fsp3) is 0.0909. The van der Waals surface area contributed by atoms with E-state index in [0.29, 0.717) is 0 Å². The van der Waals surface area contributed by atoms with Crippen molar-refractivity contribution in [3.63, 3.8) is 0 Å². The molecule has 9 heteroatoms. The molecule has 0 fully saturated rings. The van der Waals surface area contributed by atoms with Crippen molar-refractivity contribution in [3.05, 3.63) is 45.4 Å². The average Bonchev–Trinajstić information content (AvgIpc) is 2.89. The summed E-state index contributed by atoms with van der Waals surface area (Å²) < 4.78 is 26.4. The first-order valence-electron chi connectivity index (χ1n) is 5.30. The molecule has 2 aromatic rings. The van der Waals surface area contributed by atoms with E-state index >= 15 is 0 Å². The van der Waals surface area contributed by atoms with Crippen LogP contribution in [-0.4, -0.2) is 24.5 Å². The van der Waals surface area contributed by atoms with E-state index in [1.165, 1.54) is 17.4 Å². The van der Waals surface area contributed by atoms with E-state index in [2.05, 4.69) is 9.71 Å². The molecule has 1 heterocycles. The van der Waals surface area contributed by atoms with Gasteiger partial charge in [-0.1, -0.05) is 11.6 Å². The molecular formula is C11H9ClN2O4S2. The lowest BCUT2D eigenvalue weighted by Crippen LogP contribution is -2.23. The highest BCUT2D eigenvalue weighted by Gasteiger charge is 2.17. The van der Waals surface area contributed by atoms with Crippen LogP contribution in [0.2, 0.25) is 5.02 Å². The monoisotopic (exact) mass is 332 g/mol. The predicted molar refractivity (Wildman–Crippen MR) is 74.6 cm³/mol. The van der Waals surface area contributed by atoms with Gasteiger partial charge in [0.2, 0.25) is 10.0 Å². The average molecular weight is 333 g/mol. The van der Waals surface area contributed by atoms with Crippen molar-refractivity contribution in [1.29, 1.82) is 0 Å². The molecular weight excluding hydrogens is 324 g/mol. The van der Waals surface area contributed by atoms with E-state index in [9.17, 15) is 13.2 Å². The summed E-state index contributed by atoms with van der Waals surface area (Å²) >= 11 is 7.08. The van der Waals surface area contributed by atoms with Gasteiger partial charge >= 0.3 is 5.97 Å². The quantitative estimate of drug-likeness (QED) is 0.872. The van der Waals surface area contributed by atoms with Crippen LogP contribution in [-0.2, 0) is 16.6 Å². The van der Waals surface area contributed by atoms with Crippen LogP contribution in [0.1, 0.15) is 15.2 Å². The zero-order valence-corrected chi connectivity index (χ0v) is 12.3. The number of rotatable bonds is 5. The fourth-order valence-corrected chi connectivity index (χ4v) is 3.40. The maximum absolute atomic E-state index is 12.0. The Kier molecular flexibility index (Phi) is 4.39. The SMILES string of the molecule is O=C(O)c1ccc(S(=O)(=O)NCc2cncs2)cc1Cl. The van der Waals surface area contributed by atoms with E-state index in [1.54, 1.807) is 11.7 Å². The number of hydrogen-bond acceptors (Lipinski definition) is 5. The lowest BCUT2D eigenvalue weighted by atomic mass is 10.2. The molecule has 2 N–H and O–H groups in total. The van der Waals surface area contributed by atoms with Crippen molar-refractivity contribution in [2.24, 2.45) is 0 Å². The Labute approximate surface area is 124 Å². The van der Waals surface area contributed by atoms with Gasteiger partial charge in [0.25, 0.3) is 0 Å². The van der Waals surface area contributed by atoms with Crippen LogP contribution in [0, 0.1) is 0 Å². The summed E-state index contributed by atoms with van der Waals surface area (Å²) in [6.45, 7) is 0.116. The number of thiazole rings is 1. The largest absolute Gasteiger partial charge is 0.478 e. The molecule has 1 aromatic carbocycles. The van der Waals surface area contributed by atoms with E-state index < -0.39 is 16.0 Å². The number of benzene rings is 1. The Morgan fingerprint density at radius 1 is 1.45 bits per heavy atom. The topological polar surface area (TPSA) is 96.4 Å². The minimum atomic E-state index is -3.75. The minimum absolute atomic E-state index is 0.0861. The van der Waals surface area contributed by atoms with Gasteiger partial charge in [0.15, 0.2) is 0 Å². The number of halogens is 1. The third kappa shape index (κ3) is 3.34. The van der Waals surface area contributed by atoms with Crippen LogP contribution in [0.25, 0.3) is 0 Å². The molecule has 2 rings (SSSR count). The van der Waals surface area contributed by atoms with Crippen LogP contribution in [0.5, 0.6) is 0 Å². The molecule has 0 radical (unpaired) electrons. The second kappa shape index (κ2) is 5.88. The summed E-state index contributed by atoms with van der Waals surface area (Å²) in [5, 5.41) is 8.71. The highest BCUT2D eigenvalue weighted by Crippen LogP contribution is 2.21. The second-order valence-electron chi connectivity index (χ2n) is 3.74. The van der Waals surface area contributed by atoms with Crippen LogP contribution in [0.15, 0.2) is 34.8 Å². The summed E-state index contributed by atoms with van der Waals surface area (Å²) in [5.74, 6) is -1.21. The van der Waals surface area contributed by atoms with Crippen molar-refractivity contribution >= 4 is 38.9 Å². The molecule has 0 atom stereocenters. The van der Waals surface area contributed by atoms with Crippen molar-refractivity contribution in [3.8, 4) is 0 Å². The maximum Gasteiger partial charge on any atom is 0.337 e. The Bertz CT molecular complexity index is 729. The number of aromatic nitrogens is 1. The number of carbonyl (C=O) groups is 1. The minimum Gasteiger partial charge on any atom is -0.478 e. The molecule has 0 aliphatic heterocycles. The molecule has 20 heavy (non-hydrogen) atoms. The standard InChI is InChI=1S/C11H9ClN2O4S2/c12-10-3-8(1-2-9(10)11(15)16)20(17,18)14-5-7-4-13-6-19-7/h1-4,6,14H,5H2,(H,15,16). The van der Waals surface area contributed by atoms with Gasteiger partial charge in [-0.15, -0.1) is 11.3 Å². The van der Waals surface area contributed by atoms with E-state index in [1.807, 2.05) is 0 Å². The van der Waals surface area contributed by atoms with Crippen LogP contribution < -0.4 is 4.72 Å². The number of sulfonamides is 1. The predicted octanol–water partition coefficient (Wildman–Crippen LogP) is 1.97. The van der Waals surface area contributed by atoms with Gasteiger partial charge < -0.3 is 5.11 Å². The van der Waals surface area contributed by atoms with Crippen LogP contribution in [0.3, 0.4) is 0 Å². The van der Waals surface area contributed by atoms with E-state index in [0.717, 1.165) is 17.0 Å². The molecule has 0 aliphatic rings. The Morgan fingerprint density at radius 3 is 2.75 bits per heavy atom. The Hall–Kier alpha value is -1.48. The van der Waals surface area contributed by atoms with E-state index in [4.69, 9.17) is 16.7 Å². The molecule has 0 bridgehead atoms. The lowest BCUT2D eigenvalue weighted by molar-refractivity contribution is 0.0697. The summed E-state index contributed by atoms with van der Waals surface area (Å²) in [7, 11) is -3.75. The lowest BCUT2D eigenvalue weighted by Gasteiger charge is -2.07. The molecule has 0 aliphatic carbocycles. The van der Waals surface area contributed by atoms with Crippen molar-refractivity contribution in [1.82, 2.24) is 9.71 Å². The number of carboxylic acid groups (broad SMARTS) is 1. The van der Waals surface area contributed by atoms with Crippen LogP contribution in [0.4, 0.5) is 0 Å². The molecule has 106 valence electrons. The molecule has 0 spiro atoms. The van der Waals surface area contributed by atoms with Crippen molar-refractivity contribution in [2.75, 3.05) is 0 Å². The first-order chi connectivity index (χ1) is 9.40. The van der Waals surface area contributed by atoms with Gasteiger partial charge in [0, 0.05) is 17.6 Å². The highest BCUT2D eigenvalue weighted by molar-refractivity contribution is 7.89. The maximum atomic E-state index is 12.0. The normalized spacial score (nSPS) is 11.4. The number of nitrogens with one attached hydrogen (secondary N) is 1. The molecule has 0 amide bonds. The van der Waals surface area contributed by atoms with Gasteiger partial charge in [0.1, 0.15) is 0 Å². The van der Waals surface area contributed by atoms with Gasteiger partial charge in [0.05, 0.1) is 21.0 Å². The highest BCUT2D eigenvalue weighted by atomic mass is 35.5. The third-order valence-corrected chi connectivity index (χ3v) is 4.89. The third-order valence-electron chi connectivity index (χ3n) is 2.40. The number of carboxylic acids is 1.